The molecule has 0 amide bonds. The number of alkyl halides is 3. The molecule has 5 heteroatoms. The van der Waals surface area contributed by atoms with Gasteiger partial charge in [0.15, 0.2) is 0 Å². The monoisotopic (exact) mass is 273 g/mol. The van der Waals surface area contributed by atoms with E-state index in [1.165, 1.54) is 19.2 Å². The first-order chi connectivity index (χ1) is 9.00. The molecular weight excluding hydrogens is 255 g/mol. The van der Waals surface area contributed by atoms with Crippen molar-refractivity contribution in [1.29, 1.82) is 0 Å². The molecule has 0 aliphatic carbocycles. The second kappa shape index (κ2) is 5.82. The zero-order valence-corrected chi connectivity index (χ0v) is 10.9. The van der Waals surface area contributed by atoms with E-state index in [0.717, 1.165) is 31.5 Å². The third-order valence-corrected chi connectivity index (χ3v) is 3.49. The van der Waals surface area contributed by atoms with Crippen LogP contribution in [0.25, 0.3) is 0 Å². The summed E-state index contributed by atoms with van der Waals surface area (Å²) in [5, 5.41) is 3.28. The molecule has 1 atom stereocenters. The predicted octanol–water partition coefficient (Wildman–Crippen LogP) is 3.26. The molecule has 0 radical (unpaired) electrons. The highest BCUT2D eigenvalue weighted by molar-refractivity contribution is 5.39. The summed E-state index contributed by atoms with van der Waals surface area (Å²) in [4.78, 5) is 0. The molecule has 0 bridgehead atoms. The van der Waals surface area contributed by atoms with Crippen LogP contribution in [0.15, 0.2) is 18.2 Å². The fourth-order valence-corrected chi connectivity index (χ4v) is 2.54. The van der Waals surface area contributed by atoms with Crippen LogP contribution in [0, 0.1) is 5.92 Å². The number of nitrogens with one attached hydrogen (secondary N) is 1. The minimum atomic E-state index is -4.37. The average Bonchev–Trinajstić information content (AvgIpc) is 2.39. The summed E-state index contributed by atoms with van der Waals surface area (Å²) in [5.41, 5.74) is 0.0399. The number of halogens is 3. The van der Waals surface area contributed by atoms with Crippen LogP contribution in [0.2, 0.25) is 0 Å². The zero-order valence-electron chi connectivity index (χ0n) is 10.9. The fraction of sp³-hybridized carbons (Fsp3) is 0.571. The largest absolute Gasteiger partial charge is 0.496 e. The van der Waals surface area contributed by atoms with Crippen LogP contribution in [-0.2, 0) is 12.6 Å². The number of hydrogen-bond acceptors (Lipinski definition) is 2. The molecule has 1 fully saturated rings. The maximum Gasteiger partial charge on any atom is 0.419 e. The molecule has 1 saturated heterocycles. The van der Waals surface area contributed by atoms with E-state index < -0.39 is 11.7 Å². The van der Waals surface area contributed by atoms with Crippen LogP contribution >= 0.6 is 0 Å². The molecule has 1 aromatic carbocycles. The van der Waals surface area contributed by atoms with E-state index in [9.17, 15) is 13.2 Å². The quantitative estimate of drug-likeness (QED) is 0.912. The molecule has 1 aliphatic rings. The summed E-state index contributed by atoms with van der Waals surface area (Å²) in [6, 6.07) is 4.35. The normalized spacial score (nSPS) is 20.3. The molecule has 1 heterocycles. The summed E-state index contributed by atoms with van der Waals surface area (Å²) in [5.74, 6) is 0.307. The Morgan fingerprint density at radius 3 is 2.74 bits per heavy atom. The Labute approximate surface area is 111 Å². The maximum absolute atomic E-state index is 12.9. The van der Waals surface area contributed by atoms with Crippen LogP contribution in [0.5, 0.6) is 5.75 Å². The molecule has 0 aromatic heterocycles. The van der Waals surface area contributed by atoms with E-state index in [1.54, 1.807) is 6.07 Å². The standard InChI is InChI=1S/C14H18F3NO/c1-19-13-5-4-10(8-12(13)14(15,16)17)7-11-3-2-6-18-9-11/h4-5,8,11,18H,2-3,6-7,9H2,1H3. The third kappa shape index (κ3) is 3.62. The summed E-state index contributed by atoms with van der Waals surface area (Å²) >= 11 is 0. The number of hydrogen-bond donors (Lipinski definition) is 1. The molecule has 0 saturated carbocycles. The van der Waals surface area contributed by atoms with Gasteiger partial charge in [-0.15, -0.1) is 0 Å². The van der Waals surface area contributed by atoms with Crippen molar-refractivity contribution in [2.75, 3.05) is 20.2 Å². The van der Waals surface area contributed by atoms with Gasteiger partial charge in [-0.05, 0) is 56.0 Å². The predicted molar refractivity (Wildman–Crippen MR) is 67.3 cm³/mol. The number of methoxy groups -OCH3 is 1. The highest BCUT2D eigenvalue weighted by atomic mass is 19.4. The fourth-order valence-electron chi connectivity index (χ4n) is 2.54. The molecule has 0 spiro atoms. The lowest BCUT2D eigenvalue weighted by Gasteiger charge is -2.23. The summed E-state index contributed by atoms with van der Waals surface area (Å²) in [7, 11) is 1.26. The molecule has 1 N–H and O–H groups in total. The first-order valence-electron chi connectivity index (χ1n) is 6.45. The Bertz CT molecular complexity index is 425. The van der Waals surface area contributed by atoms with Crippen LogP contribution in [0.1, 0.15) is 24.0 Å². The van der Waals surface area contributed by atoms with Gasteiger partial charge in [-0.3, -0.25) is 0 Å². The van der Waals surface area contributed by atoms with Gasteiger partial charge in [0, 0.05) is 0 Å². The van der Waals surface area contributed by atoms with Crippen molar-refractivity contribution in [2.45, 2.75) is 25.4 Å². The van der Waals surface area contributed by atoms with Crippen LogP contribution < -0.4 is 10.1 Å². The topological polar surface area (TPSA) is 21.3 Å². The molecular formula is C14H18F3NO. The molecule has 1 unspecified atom stereocenters. The van der Waals surface area contributed by atoms with E-state index in [2.05, 4.69) is 5.32 Å². The number of piperidine rings is 1. The number of benzene rings is 1. The highest BCUT2D eigenvalue weighted by Gasteiger charge is 2.34. The van der Waals surface area contributed by atoms with Gasteiger partial charge in [-0.25, -0.2) is 0 Å². The van der Waals surface area contributed by atoms with Crippen molar-refractivity contribution in [3.05, 3.63) is 29.3 Å². The highest BCUT2D eigenvalue weighted by Crippen LogP contribution is 2.37. The van der Waals surface area contributed by atoms with Crippen molar-refractivity contribution >= 4 is 0 Å². The summed E-state index contributed by atoms with van der Waals surface area (Å²) in [6.07, 6.45) is -1.53. The van der Waals surface area contributed by atoms with Gasteiger partial charge < -0.3 is 10.1 Å². The molecule has 1 aliphatic heterocycles. The van der Waals surface area contributed by atoms with Crippen LogP contribution in [-0.4, -0.2) is 20.2 Å². The second-order valence-corrected chi connectivity index (χ2v) is 4.95. The van der Waals surface area contributed by atoms with Crippen molar-refractivity contribution < 1.29 is 17.9 Å². The molecule has 19 heavy (non-hydrogen) atoms. The van der Waals surface area contributed by atoms with Gasteiger partial charge in [0.05, 0.1) is 12.7 Å². The minimum absolute atomic E-state index is 0.113. The van der Waals surface area contributed by atoms with Crippen LogP contribution in [0.3, 0.4) is 0 Å². The van der Waals surface area contributed by atoms with Gasteiger partial charge >= 0.3 is 6.18 Å². The van der Waals surface area contributed by atoms with Gasteiger partial charge in [0.25, 0.3) is 0 Å². The van der Waals surface area contributed by atoms with E-state index >= 15 is 0 Å². The van der Waals surface area contributed by atoms with Crippen molar-refractivity contribution in [1.82, 2.24) is 5.32 Å². The maximum atomic E-state index is 12.9. The molecule has 2 rings (SSSR count). The summed E-state index contributed by atoms with van der Waals surface area (Å²) in [6.45, 7) is 1.89. The lowest BCUT2D eigenvalue weighted by molar-refractivity contribution is -0.138. The van der Waals surface area contributed by atoms with E-state index in [0.29, 0.717) is 12.3 Å². The molecule has 1 aromatic rings. The smallest absolute Gasteiger partial charge is 0.419 e. The number of ether oxygens (including phenoxy) is 1. The Kier molecular flexibility index (Phi) is 4.34. The van der Waals surface area contributed by atoms with Gasteiger partial charge in [-0.2, -0.15) is 13.2 Å². The van der Waals surface area contributed by atoms with E-state index in [4.69, 9.17) is 4.74 Å². The Balaban J connectivity index is 2.17. The van der Waals surface area contributed by atoms with Crippen LogP contribution in [0.4, 0.5) is 13.2 Å². The lowest BCUT2D eigenvalue weighted by atomic mass is 9.91. The zero-order chi connectivity index (χ0) is 13.9. The Hall–Kier alpha value is -1.23. The molecule has 2 nitrogen and oxygen atoms in total. The van der Waals surface area contributed by atoms with E-state index in [-0.39, 0.29) is 5.75 Å². The van der Waals surface area contributed by atoms with Gasteiger partial charge in [-0.1, -0.05) is 6.07 Å². The first-order valence-corrected chi connectivity index (χ1v) is 6.45. The molecule has 106 valence electrons. The second-order valence-electron chi connectivity index (χ2n) is 4.95. The van der Waals surface area contributed by atoms with Gasteiger partial charge in [0.2, 0.25) is 0 Å². The Morgan fingerprint density at radius 2 is 2.16 bits per heavy atom. The average molecular weight is 273 g/mol. The lowest BCUT2D eigenvalue weighted by Crippen LogP contribution is -2.30. The minimum Gasteiger partial charge on any atom is -0.496 e. The van der Waals surface area contributed by atoms with Crippen molar-refractivity contribution in [3.63, 3.8) is 0 Å². The van der Waals surface area contributed by atoms with E-state index in [1.807, 2.05) is 0 Å². The third-order valence-electron chi connectivity index (χ3n) is 3.49. The van der Waals surface area contributed by atoms with Gasteiger partial charge in [0.1, 0.15) is 5.75 Å². The first kappa shape index (κ1) is 14.2. The van der Waals surface area contributed by atoms with Crippen molar-refractivity contribution in [2.24, 2.45) is 5.92 Å². The Morgan fingerprint density at radius 1 is 1.37 bits per heavy atom. The summed E-state index contributed by atoms with van der Waals surface area (Å²) < 4.78 is 43.5. The SMILES string of the molecule is COc1ccc(CC2CCCNC2)cc1C(F)(F)F. The van der Waals surface area contributed by atoms with Crippen molar-refractivity contribution in [3.8, 4) is 5.75 Å². The number of rotatable bonds is 3.